The van der Waals surface area contributed by atoms with Crippen LogP contribution in [0.5, 0.6) is 5.75 Å². The number of morpholine rings is 1. The van der Waals surface area contributed by atoms with Crippen LogP contribution in [-0.4, -0.2) is 51.1 Å². The summed E-state index contributed by atoms with van der Waals surface area (Å²) in [6.45, 7) is 0.382. The van der Waals surface area contributed by atoms with Gasteiger partial charge in [0.1, 0.15) is 12.2 Å². The van der Waals surface area contributed by atoms with Gasteiger partial charge in [-0.2, -0.15) is 0 Å². The Morgan fingerprint density at radius 3 is 2.73 bits per heavy atom. The maximum atomic E-state index is 15.4. The van der Waals surface area contributed by atoms with Gasteiger partial charge in [0.2, 0.25) is 5.43 Å². The van der Waals surface area contributed by atoms with Crippen LogP contribution >= 0.6 is 11.3 Å². The number of carbonyl (C=O) groups excluding carboxylic acids is 1. The first-order valence-corrected chi connectivity index (χ1v) is 12.4. The van der Waals surface area contributed by atoms with Gasteiger partial charge in [0.05, 0.1) is 30.0 Å². The van der Waals surface area contributed by atoms with E-state index in [1.54, 1.807) is 23.2 Å². The van der Waals surface area contributed by atoms with Gasteiger partial charge in [0.25, 0.3) is 5.91 Å². The molecule has 1 amide bonds. The first-order valence-electron chi connectivity index (χ1n) is 11.6. The lowest BCUT2D eigenvalue weighted by molar-refractivity contribution is -0.0196. The smallest absolute Gasteiger partial charge is 0.308 e. The van der Waals surface area contributed by atoms with E-state index in [-0.39, 0.29) is 42.4 Å². The van der Waals surface area contributed by atoms with Crippen molar-refractivity contribution in [3.63, 3.8) is 0 Å². The highest BCUT2D eigenvalue weighted by molar-refractivity contribution is 7.16. The van der Waals surface area contributed by atoms with Crippen molar-refractivity contribution in [2.75, 3.05) is 24.8 Å². The van der Waals surface area contributed by atoms with Gasteiger partial charge in [-0.05, 0) is 17.7 Å². The number of aromatic hydroxyl groups is 1. The lowest BCUT2D eigenvalue weighted by Crippen LogP contribution is -2.66. The molecular formula is C25H18F2N4O5S. The van der Waals surface area contributed by atoms with E-state index in [1.807, 2.05) is 0 Å². The minimum absolute atomic E-state index is 0.00925. The van der Waals surface area contributed by atoms with E-state index in [2.05, 4.69) is 0 Å². The fourth-order valence-corrected chi connectivity index (χ4v) is 6.61. The van der Waals surface area contributed by atoms with Crippen LogP contribution in [0.1, 0.15) is 33.2 Å². The van der Waals surface area contributed by atoms with Gasteiger partial charge in [-0.1, -0.05) is 29.5 Å². The average molecular weight is 525 g/mol. The second-order valence-electron chi connectivity index (χ2n) is 9.14. The number of hydrogen-bond acceptors (Lipinski definition) is 7. The largest absolute Gasteiger partial charge is 0.502 e. The molecule has 7 rings (SSSR count). The van der Waals surface area contributed by atoms with E-state index in [9.17, 15) is 23.9 Å². The van der Waals surface area contributed by atoms with E-state index in [4.69, 9.17) is 4.74 Å². The lowest BCUT2D eigenvalue weighted by atomic mass is 9.93. The highest BCUT2D eigenvalue weighted by Gasteiger charge is 2.46. The zero-order valence-electron chi connectivity index (χ0n) is 19.1. The van der Waals surface area contributed by atoms with Crippen LogP contribution in [0.2, 0.25) is 0 Å². The molecule has 0 unspecified atom stereocenters. The molecular weight excluding hydrogens is 506 g/mol. The van der Waals surface area contributed by atoms with Crippen molar-refractivity contribution in [1.29, 1.82) is 0 Å². The zero-order chi connectivity index (χ0) is 25.6. The maximum absolute atomic E-state index is 15.4. The fraction of sp³-hybridized carbons (Fsp3) is 0.240. The highest BCUT2D eigenvalue weighted by Crippen LogP contribution is 2.42. The quantitative estimate of drug-likeness (QED) is 0.410. The van der Waals surface area contributed by atoms with Crippen LogP contribution in [0.15, 0.2) is 52.2 Å². The number of fused-ring (bicyclic) bond motifs is 3. The van der Waals surface area contributed by atoms with Crippen molar-refractivity contribution in [2.24, 2.45) is 0 Å². The lowest BCUT2D eigenvalue weighted by Gasteiger charge is -2.51. The Balaban J connectivity index is 1.61. The van der Waals surface area contributed by atoms with Crippen LogP contribution in [-0.2, 0) is 11.3 Å². The summed E-state index contributed by atoms with van der Waals surface area (Å²) in [7, 11) is 0. The second-order valence-corrected chi connectivity index (χ2v) is 10.1. The van der Waals surface area contributed by atoms with E-state index in [0.29, 0.717) is 21.3 Å². The van der Waals surface area contributed by atoms with E-state index >= 15 is 4.39 Å². The van der Waals surface area contributed by atoms with E-state index in [1.165, 1.54) is 26.4 Å². The molecule has 37 heavy (non-hydrogen) atoms. The Labute approximate surface area is 210 Å². The predicted molar refractivity (Wildman–Crippen MR) is 130 cm³/mol. The molecule has 3 aliphatic heterocycles. The molecule has 2 aromatic heterocycles. The SMILES string of the molecule is O=C1c2c(O)c(=O)ccn2N([C@H]2c3ccc(F)c(F)c3Cn3c(=O)sc4cccc2c43)[C@@H]2COCCN12. The summed E-state index contributed by atoms with van der Waals surface area (Å²) >= 11 is 1.01. The minimum atomic E-state index is -1.06. The summed E-state index contributed by atoms with van der Waals surface area (Å²) < 4.78 is 39.1. The molecule has 12 heteroatoms. The Kier molecular flexibility index (Phi) is 4.64. The van der Waals surface area contributed by atoms with Gasteiger partial charge in [-0.25, -0.2) is 8.78 Å². The van der Waals surface area contributed by atoms with Crippen LogP contribution in [0.25, 0.3) is 10.2 Å². The molecule has 0 radical (unpaired) electrons. The van der Waals surface area contributed by atoms with Crippen LogP contribution in [0.3, 0.4) is 0 Å². The number of thiazole rings is 1. The summed E-state index contributed by atoms with van der Waals surface area (Å²) in [4.78, 5) is 39.9. The minimum Gasteiger partial charge on any atom is -0.502 e. The summed E-state index contributed by atoms with van der Waals surface area (Å²) in [5.74, 6) is -3.34. The van der Waals surface area contributed by atoms with Crippen LogP contribution in [0.4, 0.5) is 8.78 Å². The van der Waals surface area contributed by atoms with Crippen molar-refractivity contribution in [2.45, 2.75) is 18.8 Å². The number of carbonyl (C=O) groups is 1. The summed E-state index contributed by atoms with van der Waals surface area (Å²) in [6.07, 6.45) is 0.681. The Morgan fingerprint density at radius 2 is 1.89 bits per heavy atom. The third kappa shape index (κ3) is 2.93. The van der Waals surface area contributed by atoms with Gasteiger partial charge in [0, 0.05) is 29.9 Å². The van der Waals surface area contributed by atoms with Gasteiger partial charge in [-0.3, -0.25) is 28.6 Å². The molecule has 4 aromatic rings. The predicted octanol–water partition coefficient (Wildman–Crippen LogP) is 2.11. The monoisotopic (exact) mass is 524 g/mol. The van der Waals surface area contributed by atoms with Gasteiger partial charge in [-0.15, -0.1) is 0 Å². The molecule has 5 heterocycles. The number of nitrogens with zero attached hydrogens (tertiary/aromatic N) is 4. The molecule has 0 saturated carbocycles. The molecule has 0 aliphatic carbocycles. The summed E-state index contributed by atoms with van der Waals surface area (Å²) in [5, 5.41) is 12.4. The molecule has 1 saturated heterocycles. The number of aromatic nitrogens is 2. The normalized spacial score (nSPS) is 20.4. The Bertz CT molecular complexity index is 1760. The zero-order valence-corrected chi connectivity index (χ0v) is 19.9. The van der Waals surface area contributed by atoms with E-state index in [0.717, 1.165) is 23.5 Å². The summed E-state index contributed by atoms with van der Waals surface area (Å²) in [6, 6.07) is 8.20. The average Bonchev–Trinajstić information content (AvgIpc) is 3.13. The fourth-order valence-electron chi connectivity index (χ4n) is 5.68. The van der Waals surface area contributed by atoms with E-state index < -0.39 is 40.9 Å². The third-order valence-corrected chi connectivity index (χ3v) is 8.24. The third-order valence-electron chi connectivity index (χ3n) is 7.29. The number of rotatable bonds is 1. The van der Waals surface area contributed by atoms with Crippen molar-refractivity contribution in [3.05, 3.63) is 96.5 Å². The van der Waals surface area contributed by atoms with Crippen molar-refractivity contribution >= 4 is 27.5 Å². The molecule has 2 atom stereocenters. The topological polar surface area (TPSA) is 97.0 Å². The number of ether oxygens (including phenoxy) is 1. The number of pyridine rings is 1. The summed E-state index contributed by atoms with van der Waals surface area (Å²) in [5.41, 5.74) is 0.664. The number of benzene rings is 2. The number of amides is 1. The van der Waals surface area contributed by atoms with Gasteiger partial charge < -0.3 is 14.7 Å². The van der Waals surface area contributed by atoms with Crippen molar-refractivity contribution in [3.8, 4) is 5.75 Å². The molecule has 2 aromatic carbocycles. The molecule has 1 fully saturated rings. The first kappa shape index (κ1) is 22.2. The van der Waals surface area contributed by atoms with Crippen molar-refractivity contribution < 1.29 is 23.4 Å². The second kappa shape index (κ2) is 7.73. The first-order chi connectivity index (χ1) is 17.9. The molecule has 3 aliphatic rings. The molecule has 9 nitrogen and oxygen atoms in total. The standard InChI is InChI=1S/C25H18F2N4O5S/c26-15-5-4-12-14(19(15)27)10-29-21-13(2-1-3-17(21)37-25(29)35)20(12)31-18-11-36-9-8-28(18)24(34)22-23(33)16(32)6-7-30(22)31/h1-7,18,20,33H,8-11H2/t18-,20+/m1/s1. The molecule has 188 valence electrons. The van der Waals surface area contributed by atoms with Gasteiger partial charge >= 0.3 is 4.87 Å². The molecule has 0 spiro atoms. The number of hydrogen-bond donors (Lipinski definition) is 1. The van der Waals surface area contributed by atoms with Crippen LogP contribution in [0, 0.1) is 11.6 Å². The number of para-hydroxylation sites is 1. The van der Waals surface area contributed by atoms with Gasteiger partial charge in [0.15, 0.2) is 23.1 Å². The van der Waals surface area contributed by atoms with Crippen molar-refractivity contribution in [1.82, 2.24) is 14.1 Å². The molecule has 1 N–H and O–H groups in total. The highest BCUT2D eigenvalue weighted by atomic mass is 32.1. The maximum Gasteiger partial charge on any atom is 0.308 e. The Hall–Kier alpha value is -4.03. The number of halogens is 2. The Morgan fingerprint density at radius 1 is 1.05 bits per heavy atom. The van der Waals surface area contributed by atoms with Crippen LogP contribution < -0.4 is 15.3 Å². The molecule has 0 bridgehead atoms.